The molecule has 0 bridgehead atoms. The van der Waals surface area contributed by atoms with Gasteiger partial charge in [0.2, 0.25) is 5.91 Å². The Kier molecular flexibility index (Phi) is 6.78. The molecule has 2 rings (SSSR count). The Morgan fingerprint density at radius 2 is 1.83 bits per heavy atom. The van der Waals surface area contributed by atoms with Crippen LogP contribution in [-0.2, 0) is 9.53 Å². The number of rotatable bonds is 5. The molecule has 0 unspecified atom stereocenters. The van der Waals surface area contributed by atoms with Gasteiger partial charge in [0.05, 0.1) is 12.3 Å². The lowest BCUT2D eigenvalue weighted by atomic mass is 9.88. The van der Waals surface area contributed by atoms with Crippen molar-refractivity contribution in [2.45, 2.75) is 46.0 Å². The van der Waals surface area contributed by atoms with Crippen LogP contribution in [-0.4, -0.2) is 24.3 Å². The molecule has 0 saturated heterocycles. The lowest BCUT2D eigenvalue weighted by molar-refractivity contribution is -0.120. The van der Waals surface area contributed by atoms with E-state index in [0.29, 0.717) is 12.3 Å². The van der Waals surface area contributed by atoms with E-state index in [-0.39, 0.29) is 11.8 Å². The number of hydrazone groups is 1. The summed E-state index contributed by atoms with van der Waals surface area (Å²) in [6.07, 6.45) is 4.90. The van der Waals surface area contributed by atoms with E-state index >= 15 is 0 Å². The van der Waals surface area contributed by atoms with E-state index in [1.807, 2.05) is 24.3 Å². The summed E-state index contributed by atoms with van der Waals surface area (Å²) in [5, 5.41) is 6.96. The van der Waals surface area contributed by atoms with Crippen LogP contribution in [0.5, 0.6) is 0 Å². The van der Waals surface area contributed by atoms with Crippen LogP contribution in [0.1, 0.15) is 51.5 Å². The molecule has 24 heavy (non-hydrogen) atoms. The van der Waals surface area contributed by atoms with Gasteiger partial charge in [-0.3, -0.25) is 4.79 Å². The zero-order valence-corrected chi connectivity index (χ0v) is 14.3. The first-order chi connectivity index (χ1) is 11.6. The number of hydrogen-bond donors (Lipinski definition) is 2. The van der Waals surface area contributed by atoms with Gasteiger partial charge in [-0.2, -0.15) is 5.10 Å². The monoisotopic (exact) mass is 331 g/mol. The predicted octanol–water partition coefficient (Wildman–Crippen LogP) is 3.68. The summed E-state index contributed by atoms with van der Waals surface area (Å²) in [5.41, 5.74) is 4.63. The maximum absolute atomic E-state index is 12.2. The molecule has 0 heterocycles. The lowest BCUT2D eigenvalue weighted by Crippen LogP contribution is -2.24. The zero-order chi connectivity index (χ0) is 17.4. The van der Waals surface area contributed by atoms with Gasteiger partial charge in [0.15, 0.2) is 0 Å². The number of nitrogens with zero attached hydrogens (tertiary/aromatic N) is 1. The molecule has 0 aromatic heterocycles. The number of anilines is 1. The molecule has 1 aromatic rings. The maximum Gasteiger partial charge on any atom is 0.427 e. The van der Waals surface area contributed by atoms with Gasteiger partial charge in [0.25, 0.3) is 0 Å². The van der Waals surface area contributed by atoms with E-state index < -0.39 is 6.09 Å². The number of hydrogen-bond acceptors (Lipinski definition) is 4. The molecule has 1 fully saturated rings. The standard InChI is InChI=1S/C18H25N3O3/c1-3-24-18(23)21-20-13(2)14-9-11-16(12-10-14)19-17(22)15-7-5-4-6-8-15/h9-12,15H,3-8H2,1-2H3,(H,19,22)(H,21,23)/b20-13-. The number of ether oxygens (including phenoxy) is 1. The molecule has 1 aliphatic carbocycles. The van der Waals surface area contributed by atoms with Crippen molar-refractivity contribution in [3.63, 3.8) is 0 Å². The highest BCUT2D eigenvalue weighted by atomic mass is 16.5. The molecular formula is C18H25N3O3. The SMILES string of the molecule is CCOC(=O)N/N=C(/C)c1ccc(NC(=O)C2CCCCC2)cc1. The molecule has 1 aromatic carbocycles. The summed E-state index contributed by atoms with van der Waals surface area (Å²) in [4.78, 5) is 23.4. The van der Waals surface area contributed by atoms with Gasteiger partial charge in [0.1, 0.15) is 0 Å². The minimum atomic E-state index is -0.576. The lowest BCUT2D eigenvalue weighted by Gasteiger charge is -2.20. The van der Waals surface area contributed by atoms with E-state index in [1.54, 1.807) is 13.8 Å². The third kappa shape index (κ3) is 5.37. The van der Waals surface area contributed by atoms with Crippen LogP contribution in [0.15, 0.2) is 29.4 Å². The summed E-state index contributed by atoms with van der Waals surface area (Å²) in [7, 11) is 0. The average Bonchev–Trinajstić information content (AvgIpc) is 2.61. The summed E-state index contributed by atoms with van der Waals surface area (Å²) in [6, 6.07) is 7.42. The number of benzene rings is 1. The fourth-order valence-electron chi connectivity index (χ4n) is 2.76. The minimum absolute atomic E-state index is 0.108. The molecule has 1 aliphatic rings. The molecule has 2 N–H and O–H groups in total. The first kappa shape index (κ1) is 18.0. The smallest absolute Gasteiger partial charge is 0.427 e. The largest absolute Gasteiger partial charge is 0.449 e. The van der Waals surface area contributed by atoms with Gasteiger partial charge in [-0.15, -0.1) is 0 Å². The zero-order valence-electron chi connectivity index (χ0n) is 14.3. The third-order valence-corrected chi connectivity index (χ3v) is 4.14. The van der Waals surface area contributed by atoms with Gasteiger partial charge >= 0.3 is 6.09 Å². The highest BCUT2D eigenvalue weighted by Crippen LogP contribution is 2.25. The van der Waals surface area contributed by atoms with Crippen molar-refractivity contribution in [1.29, 1.82) is 0 Å². The van der Waals surface area contributed by atoms with Crippen LogP contribution in [0.2, 0.25) is 0 Å². The third-order valence-electron chi connectivity index (χ3n) is 4.14. The van der Waals surface area contributed by atoms with Crippen LogP contribution in [0.4, 0.5) is 10.5 Å². The predicted molar refractivity (Wildman–Crippen MR) is 94.0 cm³/mol. The van der Waals surface area contributed by atoms with Crippen molar-refractivity contribution < 1.29 is 14.3 Å². The number of carbonyl (C=O) groups is 2. The van der Waals surface area contributed by atoms with Crippen LogP contribution < -0.4 is 10.7 Å². The maximum atomic E-state index is 12.2. The Hall–Kier alpha value is -2.37. The number of amides is 2. The highest BCUT2D eigenvalue weighted by Gasteiger charge is 2.20. The Labute approximate surface area is 142 Å². The first-order valence-electron chi connectivity index (χ1n) is 8.48. The van der Waals surface area contributed by atoms with Crippen molar-refractivity contribution in [3.05, 3.63) is 29.8 Å². The second-order valence-corrected chi connectivity index (χ2v) is 5.93. The summed E-state index contributed by atoms with van der Waals surface area (Å²) >= 11 is 0. The van der Waals surface area contributed by atoms with Gasteiger partial charge < -0.3 is 10.1 Å². The fourth-order valence-corrected chi connectivity index (χ4v) is 2.76. The van der Waals surface area contributed by atoms with Crippen LogP contribution in [0.25, 0.3) is 0 Å². The van der Waals surface area contributed by atoms with E-state index in [9.17, 15) is 9.59 Å². The molecule has 2 amide bonds. The molecular weight excluding hydrogens is 306 g/mol. The van der Waals surface area contributed by atoms with Crippen molar-refractivity contribution in [2.24, 2.45) is 11.0 Å². The van der Waals surface area contributed by atoms with Gasteiger partial charge in [-0.25, -0.2) is 10.2 Å². The summed E-state index contributed by atoms with van der Waals surface area (Å²) < 4.78 is 4.74. The van der Waals surface area contributed by atoms with E-state index in [0.717, 1.165) is 36.9 Å². The van der Waals surface area contributed by atoms with Crippen molar-refractivity contribution in [1.82, 2.24) is 5.43 Å². The molecule has 0 spiro atoms. The second kappa shape index (κ2) is 9.05. The van der Waals surface area contributed by atoms with Crippen molar-refractivity contribution in [2.75, 3.05) is 11.9 Å². The molecule has 6 nitrogen and oxygen atoms in total. The topological polar surface area (TPSA) is 79.8 Å². The molecule has 6 heteroatoms. The quantitative estimate of drug-likeness (QED) is 0.638. The molecule has 1 saturated carbocycles. The Balaban J connectivity index is 1.91. The fraction of sp³-hybridized carbons (Fsp3) is 0.500. The Morgan fingerprint density at radius 1 is 1.17 bits per heavy atom. The minimum Gasteiger partial charge on any atom is -0.449 e. The highest BCUT2D eigenvalue weighted by molar-refractivity contribution is 6.00. The molecule has 130 valence electrons. The van der Waals surface area contributed by atoms with Crippen molar-refractivity contribution in [3.8, 4) is 0 Å². The number of nitrogens with one attached hydrogen (secondary N) is 2. The van der Waals surface area contributed by atoms with E-state index in [2.05, 4.69) is 15.8 Å². The van der Waals surface area contributed by atoms with Crippen LogP contribution in [0.3, 0.4) is 0 Å². The first-order valence-corrected chi connectivity index (χ1v) is 8.48. The Morgan fingerprint density at radius 3 is 2.46 bits per heavy atom. The average molecular weight is 331 g/mol. The van der Waals surface area contributed by atoms with E-state index in [1.165, 1.54) is 6.42 Å². The van der Waals surface area contributed by atoms with Gasteiger partial charge in [0, 0.05) is 11.6 Å². The van der Waals surface area contributed by atoms with Gasteiger partial charge in [-0.1, -0.05) is 31.4 Å². The molecule has 0 radical (unpaired) electrons. The summed E-state index contributed by atoms with van der Waals surface area (Å²) in [6.45, 7) is 3.83. The second-order valence-electron chi connectivity index (χ2n) is 5.93. The number of carbonyl (C=O) groups excluding carboxylic acids is 2. The van der Waals surface area contributed by atoms with E-state index in [4.69, 9.17) is 4.74 Å². The van der Waals surface area contributed by atoms with Gasteiger partial charge in [-0.05, 0) is 44.4 Å². The van der Waals surface area contributed by atoms with Crippen LogP contribution in [0, 0.1) is 5.92 Å². The van der Waals surface area contributed by atoms with Crippen molar-refractivity contribution >= 4 is 23.4 Å². The summed E-state index contributed by atoms with van der Waals surface area (Å²) in [5.74, 6) is 0.243. The van der Waals surface area contributed by atoms with Crippen LogP contribution >= 0.6 is 0 Å². The molecule has 0 atom stereocenters. The Bertz CT molecular complexity index is 590. The normalized spacial score (nSPS) is 15.7. The molecule has 0 aliphatic heterocycles.